The Morgan fingerprint density at radius 2 is 0.770 bits per heavy atom. The largest absolute Gasteiger partial charge is 0.311 e. The number of thiophene rings is 1. The fraction of sp³-hybridized carbons (Fsp3) is 0. The first-order valence-electron chi connectivity index (χ1n) is 20.3. The van der Waals surface area contributed by atoms with Crippen LogP contribution in [0, 0.1) is 11.6 Å². The molecule has 61 heavy (non-hydrogen) atoms. The summed E-state index contributed by atoms with van der Waals surface area (Å²) in [4.78, 5) is 3.49. The third-order valence-corrected chi connectivity index (χ3v) is 12.7. The van der Waals surface area contributed by atoms with Gasteiger partial charge in [0.05, 0.1) is 11.0 Å². The Morgan fingerprint density at radius 3 is 1.28 bits per heavy atom. The number of fused-ring (bicyclic) bond motifs is 4. The second kappa shape index (κ2) is 15.2. The molecule has 0 atom stereocenters. The lowest BCUT2D eigenvalue weighted by Crippen LogP contribution is -2.09. The molecule has 11 aromatic rings. The molecular formula is C56H36F2N2S. The van der Waals surface area contributed by atoms with Crippen LogP contribution in [0.1, 0.15) is 0 Å². The van der Waals surface area contributed by atoms with Crippen molar-refractivity contribution in [1.82, 2.24) is 4.57 Å². The van der Waals surface area contributed by atoms with E-state index in [2.05, 4.69) is 179 Å². The van der Waals surface area contributed by atoms with E-state index >= 15 is 0 Å². The first-order chi connectivity index (χ1) is 30.0. The molecule has 2 heterocycles. The van der Waals surface area contributed by atoms with E-state index in [1.54, 1.807) is 24.3 Å². The molecule has 0 radical (unpaired) electrons. The van der Waals surface area contributed by atoms with Gasteiger partial charge in [-0.25, -0.2) is 8.78 Å². The van der Waals surface area contributed by atoms with Gasteiger partial charge in [0.15, 0.2) is 0 Å². The van der Waals surface area contributed by atoms with Gasteiger partial charge in [0, 0.05) is 43.1 Å². The Morgan fingerprint density at radius 1 is 0.361 bits per heavy atom. The van der Waals surface area contributed by atoms with E-state index < -0.39 is 0 Å². The monoisotopic (exact) mass is 806 g/mol. The van der Waals surface area contributed by atoms with Crippen LogP contribution in [0.5, 0.6) is 0 Å². The average Bonchev–Trinajstić information content (AvgIpc) is 3.90. The maximum atomic E-state index is 13.7. The molecular weight excluding hydrogens is 771 g/mol. The van der Waals surface area contributed by atoms with Gasteiger partial charge in [-0.2, -0.15) is 0 Å². The molecule has 0 amide bonds. The number of nitrogens with zero attached hydrogens (tertiary/aromatic N) is 2. The fourth-order valence-electron chi connectivity index (χ4n) is 8.48. The minimum atomic E-state index is -0.255. The minimum Gasteiger partial charge on any atom is -0.311 e. The van der Waals surface area contributed by atoms with E-state index in [4.69, 9.17) is 0 Å². The zero-order valence-corrected chi connectivity index (χ0v) is 33.7. The molecule has 0 spiro atoms. The molecule has 11 rings (SSSR count). The van der Waals surface area contributed by atoms with Crippen molar-refractivity contribution in [3.05, 3.63) is 230 Å². The van der Waals surface area contributed by atoms with Crippen molar-refractivity contribution < 1.29 is 8.78 Å². The lowest BCUT2D eigenvalue weighted by Gasteiger charge is -2.26. The summed E-state index contributed by atoms with van der Waals surface area (Å²) >= 11 is 1.83. The van der Waals surface area contributed by atoms with Gasteiger partial charge in [0.25, 0.3) is 0 Å². The lowest BCUT2D eigenvalue weighted by molar-refractivity contribution is 0.627. The van der Waals surface area contributed by atoms with Crippen LogP contribution in [-0.4, -0.2) is 4.57 Å². The zero-order valence-electron chi connectivity index (χ0n) is 32.8. The SMILES string of the molecule is Fc1ccc(-c2ccc(N(c3ccc(-c4ccc(F)cc4)cc3)c3ccc(-c4ccc5c(c4)c4cc(-c6cc7ccccc7s6)ccc4n5-c4ccccc4)cc3)cc2)cc1. The Kier molecular flexibility index (Phi) is 9.10. The molecule has 0 aliphatic heterocycles. The van der Waals surface area contributed by atoms with Crippen LogP contribution >= 0.6 is 11.3 Å². The van der Waals surface area contributed by atoms with Crippen LogP contribution < -0.4 is 4.90 Å². The molecule has 0 aliphatic carbocycles. The number of para-hydroxylation sites is 1. The number of aromatic nitrogens is 1. The Balaban J connectivity index is 0.989. The van der Waals surface area contributed by atoms with Crippen LogP contribution in [0.25, 0.3) is 81.4 Å². The maximum absolute atomic E-state index is 13.7. The summed E-state index contributed by atoms with van der Waals surface area (Å²) < 4.78 is 31.1. The van der Waals surface area contributed by atoms with Gasteiger partial charge in [-0.05, 0) is 154 Å². The molecule has 2 aromatic heterocycles. The Bertz CT molecular complexity index is 3210. The van der Waals surface area contributed by atoms with Crippen LogP contribution in [-0.2, 0) is 0 Å². The van der Waals surface area contributed by atoms with Crippen molar-refractivity contribution >= 4 is 60.3 Å². The average molecular weight is 807 g/mol. The number of benzene rings is 9. The normalized spacial score (nSPS) is 11.4. The van der Waals surface area contributed by atoms with Crippen LogP contribution in [0.4, 0.5) is 25.8 Å². The van der Waals surface area contributed by atoms with E-state index in [0.29, 0.717) is 0 Å². The van der Waals surface area contributed by atoms with Crippen molar-refractivity contribution in [1.29, 1.82) is 0 Å². The molecule has 290 valence electrons. The standard InChI is InChI=1S/C56H36F2N2S/c57-45-22-10-37(11-23-45)39-14-26-48(27-15-39)59(49-28-16-40(17-29-49)38-12-24-46(58)25-13-38)50-30-18-41(19-31-50)42-20-32-53-51(34-42)52-35-44(56-36-43-6-4-5-9-55(43)61-56)21-33-54(52)60(53)47-7-2-1-3-8-47/h1-36H. The van der Waals surface area contributed by atoms with Gasteiger partial charge < -0.3 is 9.47 Å². The Labute approximate surface area is 356 Å². The lowest BCUT2D eigenvalue weighted by atomic mass is 10.0. The number of hydrogen-bond donors (Lipinski definition) is 0. The first-order valence-corrected chi connectivity index (χ1v) is 21.1. The first kappa shape index (κ1) is 36.5. The van der Waals surface area contributed by atoms with Crippen LogP contribution in [0.15, 0.2) is 218 Å². The van der Waals surface area contributed by atoms with Crippen LogP contribution in [0.3, 0.4) is 0 Å². The molecule has 0 saturated carbocycles. The summed E-state index contributed by atoms with van der Waals surface area (Å²) in [5.41, 5.74) is 13.8. The van der Waals surface area contributed by atoms with Gasteiger partial charge in [0.2, 0.25) is 0 Å². The van der Waals surface area contributed by atoms with Crippen molar-refractivity contribution in [2.24, 2.45) is 0 Å². The number of halogens is 2. The zero-order chi connectivity index (χ0) is 40.9. The fourth-order valence-corrected chi connectivity index (χ4v) is 9.54. The smallest absolute Gasteiger partial charge is 0.123 e. The van der Waals surface area contributed by atoms with E-state index in [9.17, 15) is 8.78 Å². The minimum absolute atomic E-state index is 0.255. The van der Waals surface area contributed by atoms with Crippen molar-refractivity contribution in [3.8, 4) is 49.5 Å². The quantitative estimate of drug-likeness (QED) is 0.148. The summed E-state index contributed by atoms with van der Waals surface area (Å²) in [7, 11) is 0. The van der Waals surface area contributed by atoms with E-state index in [1.165, 1.54) is 61.1 Å². The van der Waals surface area contributed by atoms with E-state index in [-0.39, 0.29) is 11.6 Å². The summed E-state index contributed by atoms with van der Waals surface area (Å²) in [6.07, 6.45) is 0. The Hall–Kier alpha value is -7.60. The van der Waals surface area contributed by atoms with Crippen molar-refractivity contribution in [2.75, 3.05) is 4.90 Å². The predicted molar refractivity (Wildman–Crippen MR) is 253 cm³/mol. The molecule has 0 unspecified atom stereocenters. The van der Waals surface area contributed by atoms with Crippen molar-refractivity contribution in [3.63, 3.8) is 0 Å². The van der Waals surface area contributed by atoms with Crippen molar-refractivity contribution in [2.45, 2.75) is 0 Å². The molecule has 0 bridgehead atoms. The third-order valence-electron chi connectivity index (χ3n) is 11.6. The molecule has 2 nitrogen and oxygen atoms in total. The highest BCUT2D eigenvalue weighted by Crippen LogP contribution is 2.41. The van der Waals surface area contributed by atoms with Gasteiger partial charge in [-0.15, -0.1) is 11.3 Å². The molecule has 0 aliphatic rings. The van der Waals surface area contributed by atoms with Gasteiger partial charge in [-0.1, -0.05) is 109 Å². The summed E-state index contributed by atoms with van der Waals surface area (Å²) in [5.74, 6) is -0.509. The molecule has 0 saturated heterocycles. The summed E-state index contributed by atoms with van der Waals surface area (Å²) in [5, 5.41) is 3.68. The second-order valence-electron chi connectivity index (χ2n) is 15.3. The predicted octanol–water partition coefficient (Wildman–Crippen LogP) is 16.4. The van der Waals surface area contributed by atoms with Gasteiger partial charge >= 0.3 is 0 Å². The topological polar surface area (TPSA) is 8.17 Å². The van der Waals surface area contributed by atoms with E-state index in [0.717, 1.165) is 61.6 Å². The van der Waals surface area contributed by atoms with E-state index in [1.807, 2.05) is 11.3 Å². The van der Waals surface area contributed by atoms with Crippen LogP contribution in [0.2, 0.25) is 0 Å². The second-order valence-corrected chi connectivity index (χ2v) is 16.4. The number of hydrogen-bond acceptors (Lipinski definition) is 2. The molecule has 9 aromatic carbocycles. The molecule has 0 N–H and O–H groups in total. The third kappa shape index (κ3) is 6.85. The molecule has 0 fully saturated rings. The van der Waals surface area contributed by atoms with Gasteiger partial charge in [-0.3, -0.25) is 0 Å². The number of anilines is 3. The summed E-state index contributed by atoms with van der Waals surface area (Å²) in [6.45, 7) is 0. The highest BCUT2D eigenvalue weighted by molar-refractivity contribution is 7.22. The number of rotatable bonds is 8. The highest BCUT2D eigenvalue weighted by atomic mass is 32.1. The summed E-state index contributed by atoms with van der Waals surface area (Å²) in [6, 6.07) is 73.8. The van der Waals surface area contributed by atoms with Gasteiger partial charge in [0.1, 0.15) is 11.6 Å². The maximum Gasteiger partial charge on any atom is 0.123 e. The highest BCUT2D eigenvalue weighted by Gasteiger charge is 2.17. The molecule has 5 heteroatoms.